The lowest BCUT2D eigenvalue weighted by molar-refractivity contribution is -0.147. The van der Waals surface area contributed by atoms with Crippen LogP contribution in [0.15, 0.2) is 18.2 Å². The molecule has 0 bridgehead atoms. The summed E-state index contributed by atoms with van der Waals surface area (Å²) in [7, 11) is 0. The van der Waals surface area contributed by atoms with E-state index in [-0.39, 0.29) is 11.8 Å². The predicted octanol–water partition coefficient (Wildman–Crippen LogP) is 2.63. The van der Waals surface area contributed by atoms with Crippen molar-refractivity contribution in [2.45, 2.75) is 45.1 Å². The Morgan fingerprint density at radius 1 is 1.24 bits per heavy atom. The van der Waals surface area contributed by atoms with Gasteiger partial charge in [-0.3, -0.25) is 14.4 Å². The maximum absolute atomic E-state index is 12.5. The van der Waals surface area contributed by atoms with Crippen molar-refractivity contribution in [2.75, 3.05) is 10.6 Å². The van der Waals surface area contributed by atoms with E-state index in [0.717, 1.165) is 12.8 Å². The highest BCUT2D eigenvalue weighted by atomic mass is 16.5. The second-order valence-electron chi connectivity index (χ2n) is 7.10. The Kier molecular flexibility index (Phi) is 4.41. The first-order valence-electron chi connectivity index (χ1n) is 8.46. The van der Waals surface area contributed by atoms with E-state index in [0.29, 0.717) is 30.0 Å². The average Bonchev–Trinajstić information content (AvgIpc) is 2.56. The largest absolute Gasteiger partial charge is 0.481 e. The number of aliphatic carboxylic acids is 1. The molecule has 0 aromatic heterocycles. The van der Waals surface area contributed by atoms with Crippen LogP contribution in [0.25, 0.3) is 0 Å². The number of ether oxygens (including phenoxy) is 1. The standard InChI is InChI=1S/C18H22N2O5/c1-18(2)17(24)20-13-9-10(7-8-14(13)25-18)19-15(21)11-5-3-4-6-12(11)16(22)23/h7-9,11-12H,3-6H2,1-2H3,(H,19,21)(H,20,24)(H,22,23)/t11-,12-/m1/s1. The molecule has 134 valence electrons. The van der Waals surface area contributed by atoms with Gasteiger partial charge in [-0.1, -0.05) is 12.8 Å². The van der Waals surface area contributed by atoms with Gasteiger partial charge >= 0.3 is 5.97 Å². The van der Waals surface area contributed by atoms with Gasteiger partial charge in [0.25, 0.3) is 5.91 Å². The van der Waals surface area contributed by atoms with Crippen molar-refractivity contribution in [3.05, 3.63) is 18.2 Å². The number of amides is 2. The van der Waals surface area contributed by atoms with Crippen LogP contribution in [-0.2, 0) is 14.4 Å². The molecule has 1 aromatic carbocycles. The minimum atomic E-state index is -0.950. The van der Waals surface area contributed by atoms with Gasteiger partial charge in [0, 0.05) is 5.69 Å². The van der Waals surface area contributed by atoms with Crippen LogP contribution in [0.4, 0.5) is 11.4 Å². The van der Waals surface area contributed by atoms with Gasteiger partial charge < -0.3 is 20.5 Å². The van der Waals surface area contributed by atoms with E-state index in [1.807, 2.05) is 0 Å². The molecule has 2 aliphatic rings. The zero-order chi connectivity index (χ0) is 18.2. The van der Waals surface area contributed by atoms with Gasteiger partial charge in [-0.25, -0.2) is 0 Å². The van der Waals surface area contributed by atoms with Crippen molar-refractivity contribution >= 4 is 29.2 Å². The normalized spacial score (nSPS) is 24.5. The van der Waals surface area contributed by atoms with Crippen molar-refractivity contribution in [3.8, 4) is 5.75 Å². The molecule has 1 heterocycles. The first-order chi connectivity index (χ1) is 11.8. The van der Waals surface area contributed by atoms with E-state index in [1.54, 1.807) is 32.0 Å². The van der Waals surface area contributed by atoms with Crippen LogP contribution < -0.4 is 15.4 Å². The molecule has 0 radical (unpaired) electrons. The molecule has 1 saturated carbocycles. The topological polar surface area (TPSA) is 105 Å². The fourth-order valence-electron chi connectivity index (χ4n) is 3.36. The van der Waals surface area contributed by atoms with Gasteiger partial charge in [-0.2, -0.15) is 0 Å². The van der Waals surface area contributed by atoms with Gasteiger partial charge in [0.15, 0.2) is 5.60 Å². The predicted molar refractivity (Wildman–Crippen MR) is 91.5 cm³/mol. The molecule has 3 rings (SSSR count). The van der Waals surface area contributed by atoms with Crippen LogP contribution in [0.2, 0.25) is 0 Å². The number of carbonyl (C=O) groups is 3. The van der Waals surface area contributed by atoms with Crippen LogP contribution in [0.5, 0.6) is 5.75 Å². The summed E-state index contributed by atoms with van der Waals surface area (Å²) < 4.78 is 5.65. The Balaban J connectivity index is 1.75. The zero-order valence-corrected chi connectivity index (χ0v) is 14.3. The number of hydrogen-bond acceptors (Lipinski definition) is 4. The number of carboxylic acid groups (broad SMARTS) is 1. The molecule has 3 N–H and O–H groups in total. The fourth-order valence-corrected chi connectivity index (χ4v) is 3.36. The SMILES string of the molecule is CC1(C)Oc2ccc(NC(=O)[C@@H]3CCCC[C@H]3C(=O)O)cc2NC1=O. The summed E-state index contributed by atoms with van der Waals surface area (Å²) in [5.41, 5.74) is 0.0387. The molecule has 0 spiro atoms. The lowest BCUT2D eigenvalue weighted by Gasteiger charge is -2.32. The Morgan fingerprint density at radius 3 is 2.60 bits per heavy atom. The van der Waals surface area contributed by atoms with Gasteiger partial charge in [0.1, 0.15) is 5.75 Å². The summed E-state index contributed by atoms with van der Waals surface area (Å²) in [4.78, 5) is 35.9. The highest BCUT2D eigenvalue weighted by Crippen LogP contribution is 2.36. The Morgan fingerprint density at radius 2 is 1.92 bits per heavy atom. The maximum atomic E-state index is 12.5. The van der Waals surface area contributed by atoms with Crippen molar-refractivity contribution < 1.29 is 24.2 Å². The van der Waals surface area contributed by atoms with E-state index in [2.05, 4.69) is 10.6 Å². The molecule has 25 heavy (non-hydrogen) atoms. The van der Waals surface area contributed by atoms with Crippen molar-refractivity contribution in [2.24, 2.45) is 11.8 Å². The number of anilines is 2. The lowest BCUT2D eigenvalue weighted by Crippen LogP contribution is -2.45. The van der Waals surface area contributed by atoms with Crippen molar-refractivity contribution in [1.82, 2.24) is 0 Å². The number of fused-ring (bicyclic) bond motifs is 1. The number of carboxylic acids is 1. The molecular formula is C18H22N2O5. The molecule has 2 atom stereocenters. The molecule has 1 aliphatic carbocycles. The quantitative estimate of drug-likeness (QED) is 0.780. The summed E-state index contributed by atoms with van der Waals surface area (Å²) in [6, 6.07) is 4.99. The van der Waals surface area contributed by atoms with Crippen LogP contribution in [-0.4, -0.2) is 28.5 Å². The summed E-state index contributed by atoms with van der Waals surface area (Å²) in [6.07, 6.45) is 2.78. The number of benzene rings is 1. The van der Waals surface area contributed by atoms with Crippen molar-refractivity contribution in [1.29, 1.82) is 0 Å². The van der Waals surface area contributed by atoms with Crippen LogP contribution in [0.3, 0.4) is 0 Å². The third-order valence-corrected chi connectivity index (χ3v) is 4.83. The summed E-state index contributed by atoms with van der Waals surface area (Å²) >= 11 is 0. The number of carbonyl (C=O) groups excluding carboxylic acids is 2. The molecule has 7 heteroatoms. The molecule has 2 amide bonds. The number of nitrogens with one attached hydrogen (secondary N) is 2. The minimum Gasteiger partial charge on any atom is -0.481 e. The first-order valence-corrected chi connectivity index (χ1v) is 8.46. The van der Waals surface area contributed by atoms with Gasteiger partial charge in [-0.05, 0) is 44.9 Å². The van der Waals surface area contributed by atoms with Crippen LogP contribution in [0.1, 0.15) is 39.5 Å². The van der Waals surface area contributed by atoms with Crippen LogP contribution >= 0.6 is 0 Å². The Bertz CT molecular complexity index is 728. The number of rotatable bonds is 3. The maximum Gasteiger partial charge on any atom is 0.307 e. The van der Waals surface area contributed by atoms with Gasteiger partial charge in [0.2, 0.25) is 5.91 Å². The summed E-state index contributed by atoms with van der Waals surface area (Å²) in [5, 5.41) is 14.8. The van der Waals surface area contributed by atoms with E-state index >= 15 is 0 Å². The highest BCUT2D eigenvalue weighted by molar-refractivity contribution is 6.01. The van der Waals surface area contributed by atoms with Crippen molar-refractivity contribution in [3.63, 3.8) is 0 Å². The smallest absolute Gasteiger partial charge is 0.307 e. The third-order valence-electron chi connectivity index (χ3n) is 4.83. The van der Waals surface area contributed by atoms with E-state index < -0.39 is 23.4 Å². The number of hydrogen-bond donors (Lipinski definition) is 3. The zero-order valence-electron chi connectivity index (χ0n) is 14.3. The average molecular weight is 346 g/mol. The molecule has 1 aromatic rings. The van der Waals surface area contributed by atoms with E-state index in [4.69, 9.17) is 4.74 Å². The summed E-state index contributed by atoms with van der Waals surface area (Å²) in [6.45, 7) is 3.35. The second-order valence-corrected chi connectivity index (χ2v) is 7.10. The fraction of sp³-hybridized carbons (Fsp3) is 0.500. The van der Waals surface area contributed by atoms with Gasteiger partial charge in [0.05, 0.1) is 17.5 Å². The molecule has 1 fully saturated rings. The minimum absolute atomic E-state index is 0.262. The van der Waals surface area contributed by atoms with E-state index in [9.17, 15) is 19.5 Å². The molecule has 7 nitrogen and oxygen atoms in total. The molecular weight excluding hydrogens is 324 g/mol. The molecule has 1 aliphatic heterocycles. The third kappa shape index (κ3) is 3.45. The molecule has 0 unspecified atom stereocenters. The first kappa shape index (κ1) is 17.3. The van der Waals surface area contributed by atoms with E-state index in [1.165, 1.54) is 0 Å². The monoisotopic (exact) mass is 346 g/mol. The second kappa shape index (κ2) is 6.38. The Labute approximate surface area is 145 Å². The highest BCUT2D eigenvalue weighted by Gasteiger charge is 2.37. The lowest BCUT2D eigenvalue weighted by atomic mass is 9.78. The van der Waals surface area contributed by atoms with Crippen LogP contribution in [0, 0.1) is 11.8 Å². The summed E-state index contributed by atoms with van der Waals surface area (Å²) in [5.74, 6) is -2.13. The molecule has 0 saturated heterocycles. The Hall–Kier alpha value is -2.57. The van der Waals surface area contributed by atoms with Gasteiger partial charge in [-0.15, -0.1) is 0 Å².